The molecule has 1 aromatic rings. The molecule has 0 heterocycles. The van der Waals surface area contributed by atoms with Crippen LogP contribution in [0.1, 0.15) is 30.0 Å². The van der Waals surface area contributed by atoms with Gasteiger partial charge >= 0.3 is 0 Å². The number of aliphatic hydroxyl groups is 3. The number of likely N-dealkylation sites (N-methyl/N-ethyl adjacent to an activating group) is 1. The Bertz CT molecular complexity index is 1290. The molecule has 3 aliphatic rings. The van der Waals surface area contributed by atoms with Crippen molar-refractivity contribution in [2.45, 2.75) is 38.0 Å². The van der Waals surface area contributed by atoms with E-state index in [1.807, 2.05) is 0 Å². The van der Waals surface area contributed by atoms with Crippen LogP contribution >= 0.6 is 0 Å². The summed E-state index contributed by atoms with van der Waals surface area (Å²) in [6.45, 7) is 1.63. The van der Waals surface area contributed by atoms with Crippen LogP contribution in [0, 0.1) is 17.7 Å². The van der Waals surface area contributed by atoms with Gasteiger partial charge in [0.15, 0.2) is 11.4 Å². The predicted octanol–water partition coefficient (Wildman–Crippen LogP) is 0.895. The zero-order valence-electron chi connectivity index (χ0n) is 21.3. The van der Waals surface area contributed by atoms with Crippen molar-refractivity contribution in [3.8, 4) is 5.75 Å². The highest BCUT2D eigenvalue weighted by Crippen LogP contribution is 2.53. The maximum Gasteiger partial charge on any atom is 0.255 e. The minimum atomic E-state index is -2.76. The molecule has 0 aliphatic heterocycles. The Balaban J connectivity index is 1.89. The highest BCUT2D eigenvalue weighted by molar-refractivity contribution is 6.24. The molecule has 1 fully saturated rings. The van der Waals surface area contributed by atoms with E-state index in [-0.39, 0.29) is 48.2 Å². The lowest BCUT2D eigenvalue weighted by atomic mass is 9.57. The van der Waals surface area contributed by atoms with Crippen LogP contribution in [0.5, 0.6) is 5.75 Å². The van der Waals surface area contributed by atoms with Crippen LogP contribution in [0.15, 0.2) is 23.0 Å². The van der Waals surface area contributed by atoms with Crippen LogP contribution < -0.4 is 5.73 Å². The van der Waals surface area contributed by atoms with Crippen LogP contribution in [0.25, 0.3) is 5.76 Å². The summed E-state index contributed by atoms with van der Waals surface area (Å²) in [7, 11) is 2.99. The van der Waals surface area contributed by atoms with E-state index in [4.69, 9.17) is 5.73 Å². The molecule has 10 nitrogen and oxygen atoms in total. The number of Topliss-reactive ketones (excluding diaryl/α,β-unsaturated/α-hetero) is 2. The first-order valence-corrected chi connectivity index (χ1v) is 12.3. The van der Waals surface area contributed by atoms with Gasteiger partial charge in [-0.05, 0) is 45.5 Å². The Labute approximate surface area is 217 Å². The average Bonchev–Trinajstić information content (AvgIpc) is 2.83. The molecule has 3 aliphatic carbocycles. The van der Waals surface area contributed by atoms with E-state index in [2.05, 4.69) is 0 Å². The number of ketones is 2. The summed E-state index contributed by atoms with van der Waals surface area (Å²) >= 11 is 0. The number of primary amides is 1. The SMILES string of the molecule is CCN(CCF)Cc1cc(O)c2c(c1F)C[C@H]1C[C@H]3[C@H](N(C)C)C(=O)C(C(N)=O)=C(O)[C@@]3(O)C(=O)C1=C2O. The van der Waals surface area contributed by atoms with E-state index in [0.717, 1.165) is 6.07 Å². The van der Waals surface area contributed by atoms with E-state index in [9.17, 15) is 39.2 Å². The van der Waals surface area contributed by atoms with Crippen molar-refractivity contribution in [1.29, 1.82) is 0 Å². The summed E-state index contributed by atoms with van der Waals surface area (Å²) in [5.41, 5.74) is 0.982. The minimum Gasteiger partial charge on any atom is -0.508 e. The maximum atomic E-state index is 15.7. The van der Waals surface area contributed by atoms with Crippen LogP contribution in [-0.2, 0) is 27.3 Å². The molecule has 4 atom stereocenters. The summed E-state index contributed by atoms with van der Waals surface area (Å²) in [5.74, 6) is -8.67. The Morgan fingerprint density at radius 2 is 1.89 bits per heavy atom. The summed E-state index contributed by atoms with van der Waals surface area (Å²) in [4.78, 5) is 41.9. The molecule has 0 saturated heterocycles. The van der Waals surface area contributed by atoms with Crippen LogP contribution in [0.4, 0.5) is 8.78 Å². The number of nitrogens with two attached hydrogens (primary N) is 1. The third-order valence-electron chi connectivity index (χ3n) is 7.97. The number of amides is 1. The normalized spacial score (nSPS) is 27.1. The summed E-state index contributed by atoms with van der Waals surface area (Å²) in [5, 5.41) is 44.2. The molecule has 0 aromatic heterocycles. The molecule has 206 valence electrons. The van der Waals surface area contributed by atoms with E-state index in [1.54, 1.807) is 11.8 Å². The molecule has 38 heavy (non-hydrogen) atoms. The molecular weight excluding hydrogens is 504 g/mol. The van der Waals surface area contributed by atoms with Gasteiger partial charge in [0.25, 0.3) is 5.91 Å². The number of aromatic hydroxyl groups is 1. The molecule has 0 spiro atoms. The molecular formula is C26H31F2N3O7. The van der Waals surface area contributed by atoms with Gasteiger partial charge in [-0.2, -0.15) is 0 Å². The summed E-state index contributed by atoms with van der Waals surface area (Å²) < 4.78 is 28.6. The summed E-state index contributed by atoms with van der Waals surface area (Å²) in [6.07, 6.45) is -0.296. The number of nitrogens with zero attached hydrogens (tertiary/aromatic N) is 2. The van der Waals surface area contributed by atoms with Gasteiger partial charge in [0.2, 0.25) is 5.78 Å². The number of fused-ring (bicyclic) bond motifs is 3. The lowest BCUT2D eigenvalue weighted by Crippen LogP contribution is -2.65. The third kappa shape index (κ3) is 3.89. The Kier molecular flexibility index (Phi) is 7.10. The highest BCUT2D eigenvalue weighted by Gasteiger charge is 2.64. The van der Waals surface area contributed by atoms with E-state index < -0.39 is 76.3 Å². The first-order chi connectivity index (χ1) is 17.8. The molecule has 1 amide bonds. The van der Waals surface area contributed by atoms with Gasteiger partial charge in [-0.25, -0.2) is 8.78 Å². The number of halogens is 2. The number of carbonyl (C=O) groups is 3. The quantitative estimate of drug-likeness (QED) is 0.319. The Morgan fingerprint density at radius 1 is 1.24 bits per heavy atom. The number of benzene rings is 1. The molecule has 1 saturated carbocycles. The molecule has 6 N–H and O–H groups in total. The van der Waals surface area contributed by atoms with Crippen molar-refractivity contribution in [3.63, 3.8) is 0 Å². The number of phenolic OH excluding ortho intramolecular Hbond substituents is 1. The van der Waals surface area contributed by atoms with Crippen LogP contribution in [0.2, 0.25) is 0 Å². The van der Waals surface area contributed by atoms with Gasteiger partial charge in [0.1, 0.15) is 35.3 Å². The van der Waals surface area contributed by atoms with Crippen molar-refractivity contribution in [3.05, 3.63) is 45.5 Å². The number of rotatable bonds is 7. The number of phenols is 1. The topological polar surface area (TPSA) is 165 Å². The van der Waals surface area contributed by atoms with Crippen LogP contribution in [-0.4, -0.2) is 93.2 Å². The average molecular weight is 536 g/mol. The zero-order chi connectivity index (χ0) is 28.3. The number of alkyl halides is 1. The monoisotopic (exact) mass is 535 g/mol. The highest BCUT2D eigenvalue weighted by atomic mass is 19.1. The van der Waals surface area contributed by atoms with Crippen molar-refractivity contribution in [1.82, 2.24) is 9.80 Å². The molecule has 0 radical (unpaired) electrons. The fourth-order valence-electron chi connectivity index (χ4n) is 6.17. The molecule has 0 unspecified atom stereocenters. The zero-order valence-corrected chi connectivity index (χ0v) is 21.3. The first kappa shape index (κ1) is 27.7. The molecule has 0 bridgehead atoms. The lowest BCUT2D eigenvalue weighted by molar-refractivity contribution is -0.153. The predicted molar refractivity (Wildman–Crippen MR) is 131 cm³/mol. The van der Waals surface area contributed by atoms with E-state index in [0.29, 0.717) is 6.54 Å². The van der Waals surface area contributed by atoms with Crippen molar-refractivity contribution in [2.75, 3.05) is 33.9 Å². The van der Waals surface area contributed by atoms with Gasteiger partial charge in [-0.1, -0.05) is 6.92 Å². The van der Waals surface area contributed by atoms with Gasteiger partial charge < -0.3 is 26.2 Å². The maximum absolute atomic E-state index is 15.7. The van der Waals surface area contributed by atoms with Crippen molar-refractivity contribution in [2.24, 2.45) is 17.6 Å². The fourth-order valence-corrected chi connectivity index (χ4v) is 6.17. The minimum absolute atomic E-state index is 0.00215. The van der Waals surface area contributed by atoms with Crippen molar-refractivity contribution < 1.29 is 43.6 Å². The van der Waals surface area contributed by atoms with Gasteiger partial charge in [-0.3, -0.25) is 24.2 Å². The second-order valence-electron chi connectivity index (χ2n) is 10.2. The Morgan fingerprint density at radius 3 is 2.45 bits per heavy atom. The Hall–Kier alpha value is -3.35. The largest absolute Gasteiger partial charge is 0.508 e. The second-order valence-corrected chi connectivity index (χ2v) is 10.2. The van der Waals surface area contributed by atoms with Gasteiger partial charge in [-0.15, -0.1) is 0 Å². The van der Waals surface area contributed by atoms with E-state index in [1.165, 1.54) is 19.0 Å². The van der Waals surface area contributed by atoms with Gasteiger partial charge in [0.05, 0.1) is 11.6 Å². The third-order valence-corrected chi connectivity index (χ3v) is 7.97. The number of aliphatic hydroxyl groups excluding tert-OH is 2. The van der Waals surface area contributed by atoms with Gasteiger partial charge in [0, 0.05) is 35.7 Å². The fraction of sp³-hybridized carbons (Fsp3) is 0.500. The van der Waals surface area contributed by atoms with Crippen LogP contribution in [0.3, 0.4) is 0 Å². The number of carbonyl (C=O) groups excluding carboxylic acids is 3. The lowest BCUT2D eigenvalue weighted by Gasteiger charge is -2.50. The molecule has 1 aromatic carbocycles. The molecule has 12 heteroatoms. The van der Waals surface area contributed by atoms with Crippen molar-refractivity contribution >= 4 is 23.2 Å². The second kappa shape index (κ2) is 9.75. The standard InChI is InChI=1S/C26H31F2N3O7/c1-4-31(6-5-27)10-12-9-15(32)17-13(19(12)28)7-11-8-14-20(30(2)3)22(34)18(25(29)37)24(36)26(14,38)23(35)16(11)21(17)33/h9,11,14,20,32-33,36,38H,4-8,10H2,1-3H3,(H2,29,37)/t11-,14-,20-,26-/m0/s1. The van der Waals surface area contributed by atoms with E-state index >= 15 is 4.39 Å². The summed E-state index contributed by atoms with van der Waals surface area (Å²) in [6, 6.07) is -0.128. The molecule has 4 rings (SSSR count). The first-order valence-electron chi connectivity index (χ1n) is 12.3. The number of hydrogen-bond acceptors (Lipinski definition) is 9. The number of hydrogen-bond donors (Lipinski definition) is 5. The smallest absolute Gasteiger partial charge is 0.255 e.